The van der Waals surface area contributed by atoms with E-state index in [1.165, 1.54) is 16.7 Å². The fourth-order valence-electron chi connectivity index (χ4n) is 3.17. The van der Waals surface area contributed by atoms with Crippen molar-refractivity contribution in [2.24, 2.45) is 5.92 Å². The van der Waals surface area contributed by atoms with Crippen molar-refractivity contribution in [3.05, 3.63) is 28.8 Å². The summed E-state index contributed by atoms with van der Waals surface area (Å²) in [6.45, 7) is 12.6. The summed E-state index contributed by atoms with van der Waals surface area (Å²) in [5.74, 6) is 1.62. The van der Waals surface area contributed by atoms with Gasteiger partial charge in [-0.3, -0.25) is 4.79 Å². The largest absolute Gasteiger partial charge is 0.494 e. The minimum Gasteiger partial charge on any atom is -0.494 e. The van der Waals surface area contributed by atoms with E-state index in [9.17, 15) is 4.79 Å². The molecule has 4 nitrogen and oxygen atoms in total. The molecule has 2 rings (SSSR count). The molecule has 0 saturated carbocycles. The number of benzene rings is 1. The van der Waals surface area contributed by atoms with Gasteiger partial charge in [0.25, 0.3) is 0 Å². The van der Waals surface area contributed by atoms with Crippen molar-refractivity contribution in [2.75, 3.05) is 32.8 Å². The smallest absolute Gasteiger partial charge is 0.222 e. The molecule has 0 spiro atoms. The Morgan fingerprint density at radius 1 is 1.26 bits per heavy atom. The van der Waals surface area contributed by atoms with Gasteiger partial charge in [0, 0.05) is 32.6 Å². The number of hydrogen-bond acceptors (Lipinski definition) is 3. The SMILES string of the molecule is CCOc1cc(C)c(CC(C)CC(=O)N2CCNCC2)cc1C. The van der Waals surface area contributed by atoms with Crippen LogP contribution in [0.2, 0.25) is 0 Å². The second-order valence-corrected chi connectivity index (χ2v) is 6.62. The zero-order chi connectivity index (χ0) is 16.8. The molecule has 0 aliphatic carbocycles. The average molecular weight is 318 g/mol. The summed E-state index contributed by atoms with van der Waals surface area (Å²) in [7, 11) is 0. The van der Waals surface area contributed by atoms with E-state index in [0.717, 1.165) is 38.3 Å². The third kappa shape index (κ3) is 4.96. The third-order valence-electron chi connectivity index (χ3n) is 4.49. The molecule has 1 heterocycles. The molecule has 1 fully saturated rings. The minimum absolute atomic E-state index is 0.291. The molecule has 1 unspecified atom stereocenters. The van der Waals surface area contributed by atoms with E-state index in [4.69, 9.17) is 4.74 Å². The van der Waals surface area contributed by atoms with Crippen LogP contribution in [0.5, 0.6) is 5.75 Å². The van der Waals surface area contributed by atoms with Gasteiger partial charge in [0.1, 0.15) is 5.75 Å². The Bertz CT molecular complexity index is 536. The maximum Gasteiger partial charge on any atom is 0.222 e. The van der Waals surface area contributed by atoms with Crippen LogP contribution in [0.3, 0.4) is 0 Å². The van der Waals surface area contributed by atoms with Crippen molar-refractivity contribution in [1.82, 2.24) is 10.2 Å². The summed E-state index contributed by atoms with van der Waals surface area (Å²) in [6, 6.07) is 4.34. The summed E-state index contributed by atoms with van der Waals surface area (Å²) in [6.07, 6.45) is 1.57. The molecule has 1 aliphatic heterocycles. The number of nitrogens with one attached hydrogen (secondary N) is 1. The van der Waals surface area contributed by atoms with Crippen LogP contribution in [0.15, 0.2) is 12.1 Å². The minimum atomic E-state index is 0.291. The maximum absolute atomic E-state index is 12.4. The number of ether oxygens (including phenoxy) is 1. The molecule has 0 aromatic heterocycles. The number of carbonyl (C=O) groups excluding carboxylic acids is 1. The van der Waals surface area contributed by atoms with E-state index in [1.807, 2.05) is 11.8 Å². The lowest BCUT2D eigenvalue weighted by molar-refractivity contribution is -0.132. The lowest BCUT2D eigenvalue weighted by Gasteiger charge is -2.28. The topological polar surface area (TPSA) is 41.6 Å². The number of hydrogen-bond donors (Lipinski definition) is 1. The number of carbonyl (C=O) groups is 1. The van der Waals surface area contributed by atoms with Crippen LogP contribution in [-0.2, 0) is 11.2 Å². The molecular weight excluding hydrogens is 288 g/mol. The molecule has 1 atom stereocenters. The van der Waals surface area contributed by atoms with Crippen LogP contribution < -0.4 is 10.1 Å². The standard InChI is InChI=1S/C19H30N2O2/c1-5-23-18-13-15(3)17(12-16(18)4)10-14(2)11-19(22)21-8-6-20-7-9-21/h12-14,20H,5-11H2,1-4H3. The van der Waals surface area contributed by atoms with Gasteiger partial charge in [0.05, 0.1) is 6.61 Å². The first-order valence-electron chi connectivity index (χ1n) is 8.72. The van der Waals surface area contributed by atoms with Gasteiger partial charge in [0.2, 0.25) is 5.91 Å². The normalized spacial score (nSPS) is 16.3. The van der Waals surface area contributed by atoms with E-state index >= 15 is 0 Å². The van der Waals surface area contributed by atoms with Gasteiger partial charge in [-0.2, -0.15) is 0 Å². The Kier molecular flexibility index (Phi) is 6.46. The number of nitrogens with zero attached hydrogens (tertiary/aromatic N) is 1. The second-order valence-electron chi connectivity index (χ2n) is 6.62. The summed E-state index contributed by atoms with van der Waals surface area (Å²) in [5, 5.41) is 3.29. The predicted molar refractivity (Wildman–Crippen MR) is 94.0 cm³/mol. The Morgan fingerprint density at radius 2 is 1.96 bits per heavy atom. The Balaban J connectivity index is 1.95. The molecule has 4 heteroatoms. The Morgan fingerprint density at radius 3 is 2.61 bits per heavy atom. The highest BCUT2D eigenvalue weighted by Gasteiger charge is 2.19. The fourth-order valence-corrected chi connectivity index (χ4v) is 3.17. The number of aryl methyl sites for hydroxylation is 2. The molecule has 0 radical (unpaired) electrons. The predicted octanol–water partition coefficient (Wildman–Crippen LogP) is 2.70. The molecule has 23 heavy (non-hydrogen) atoms. The first-order chi connectivity index (χ1) is 11.0. The van der Waals surface area contributed by atoms with Gasteiger partial charge >= 0.3 is 0 Å². The number of piperazine rings is 1. The van der Waals surface area contributed by atoms with Gasteiger partial charge < -0.3 is 15.0 Å². The lowest BCUT2D eigenvalue weighted by Crippen LogP contribution is -2.46. The third-order valence-corrected chi connectivity index (χ3v) is 4.49. The first kappa shape index (κ1) is 17.8. The van der Waals surface area contributed by atoms with Crippen molar-refractivity contribution in [2.45, 2.75) is 40.5 Å². The monoisotopic (exact) mass is 318 g/mol. The molecule has 1 aliphatic rings. The summed E-state index contributed by atoms with van der Waals surface area (Å²) >= 11 is 0. The Hall–Kier alpha value is -1.55. The fraction of sp³-hybridized carbons (Fsp3) is 0.632. The highest BCUT2D eigenvalue weighted by atomic mass is 16.5. The zero-order valence-electron chi connectivity index (χ0n) is 14.9. The Labute approximate surface area is 140 Å². The molecule has 1 amide bonds. The maximum atomic E-state index is 12.4. The zero-order valence-corrected chi connectivity index (χ0v) is 14.9. The van der Waals surface area contributed by atoms with Crippen molar-refractivity contribution in [3.8, 4) is 5.75 Å². The van der Waals surface area contributed by atoms with Crippen molar-refractivity contribution < 1.29 is 9.53 Å². The van der Waals surface area contributed by atoms with Crippen LogP contribution in [0.25, 0.3) is 0 Å². The molecule has 1 aromatic rings. The van der Waals surface area contributed by atoms with E-state index in [0.29, 0.717) is 24.9 Å². The average Bonchev–Trinajstić information content (AvgIpc) is 2.53. The lowest BCUT2D eigenvalue weighted by atomic mass is 9.93. The number of rotatable bonds is 6. The highest BCUT2D eigenvalue weighted by Crippen LogP contribution is 2.25. The molecular formula is C19H30N2O2. The van der Waals surface area contributed by atoms with Crippen LogP contribution in [0, 0.1) is 19.8 Å². The summed E-state index contributed by atoms with van der Waals surface area (Å²) < 4.78 is 5.65. The highest BCUT2D eigenvalue weighted by molar-refractivity contribution is 5.76. The second kappa shape index (κ2) is 8.34. The summed E-state index contributed by atoms with van der Waals surface area (Å²) in [4.78, 5) is 14.4. The van der Waals surface area contributed by atoms with Crippen molar-refractivity contribution in [3.63, 3.8) is 0 Å². The molecule has 1 aromatic carbocycles. The van der Waals surface area contributed by atoms with Gasteiger partial charge in [-0.1, -0.05) is 13.0 Å². The van der Waals surface area contributed by atoms with Gasteiger partial charge in [-0.15, -0.1) is 0 Å². The summed E-state index contributed by atoms with van der Waals surface area (Å²) in [5.41, 5.74) is 3.75. The first-order valence-corrected chi connectivity index (χ1v) is 8.72. The quantitative estimate of drug-likeness (QED) is 0.877. The van der Waals surface area contributed by atoms with Crippen LogP contribution in [0.4, 0.5) is 0 Å². The molecule has 0 bridgehead atoms. The van der Waals surface area contributed by atoms with Crippen LogP contribution in [0.1, 0.15) is 37.0 Å². The van der Waals surface area contributed by atoms with Crippen molar-refractivity contribution >= 4 is 5.91 Å². The van der Waals surface area contributed by atoms with Crippen LogP contribution >= 0.6 is 0 Å². The van der Waals surface area contributed by atoms with Crippen molar-refractivity contribution in [1.29, 1.82) is 0 Å². The molecule has 128 valence electrons. The van der Waals surface area contributed by atoms with Gasteiger partial charge in [0.15, 0.2) is 0 Å². The van der Waals surface area contributed by atoms with Crippen LogP contribution in [-0.4, -0.2) is 43.6 Å². The van der Waals surface area contributed by atoms with E-state index in [2.05, 4.69) is 38.2 Å². The molecule has 1 saturated heterocycles. The van der Waals surface area contributed by atoms with E-state index in [-0.39, 0.29) is 0 Å². The van der Waals surface area contributed by atoms with E-state index in [1.54, 1.807) is 0 Å². The van der Waals surface area contributed by atoms with Gasteiger partial charge in [-0.25, -0.2) is 0 Å². The number of amides is 1. The van der Waals surface area contributed by atoms with E-state index < -0.39 is 0 Å². The molecule has 1 N–H and O–H groups in total. The van der Waals surface area contributed by atoms with Gasteiger partial charge in [-0.05, 0) is 55.9 Å².